The van der Waals surface area contributed by atoms with Gasteiger partial charge in [-0.05, 0) is 50.3 Å². The predicted octanol–water partition coefficient (Wildman–Crippen LogP) is 3.38. The third-order valence-electron chi connectivity index (χ3n) is 8.44. The van der Waals surface area contributed by atoms with Crippen molar-refractivity contribution in [3.05, 3.63) is 40.2 Å². The van der Waals surface area contributed by atoms with Crippen LogP contribution in [-0.2, 0) is 34.5 Å². The molecular formula is C27H34ClN5O5. The number of aryl methyl sites for hydroxylation is 1. The highest BCUT2D eigenvalue weighted by molar-refractivity contribution is 6.31. The normalized spacial score (nSPS) is 25.4. The van der Waals surface area contributed by atoms with E-state index in [-0.39, 0.29) is 18.4 Å². The fourth-order valence-electron chi connectivity index (χ4n) is 6.26. The summed E-state index contributed by atoms with van der Waals surface area (Å²) in [5, 5.41) is 18.7. The minimum atomic E-state index is -1.12. The Bertz CT molecular complexity index is 1250. The van der Waals surface area contributed by atoms with Crippen LogP contribution in [0.1, 0.15) is 68.3 Å². The van der Waals surface area contributed by atoms with Crippen LogP contribution < -0.4 is 4.74 Å². The molecule has 2 aromatic rings. The average molecular weight is 544 g/mol. The van der Waals surface area contributed by atoms with Gasteiger partial charge in [-0.15, -0.1) is 5.10 Å². The maximum absolute atomic E-state index is 14.2. The molecule has 0 radical (unpaired) electrons. The van der Waals surface area contributed by atoms with Gasteiger partial charge in [-0.25, -0.2) is 0 Å². The second kappa shape index (κ2) is 10.6. The van der Waals surface area contributed by atoms with E-state index in [1.54, 1.807) is 46.8 Å². The molecule has 2 aliphatic heterocycles. The van der Waals surface area contributed by atoms with Crippen LogP contribution in [0.2, 0.25) is 5.02 Å². The fourth-order valence-corrected chi connectivity index (χ4v) is 6.52. The highest BCUT2D eigenvalue weighted by Gasteiger charge is 2.50. The van der Waals surface area contributed by atoms with E-state index in [0.29, 0.717) is 61.8 Å². The smallest absolute Gasteiger partial charge is 0.310 e. The number of nitrogens with zero attached hydrogens (tertiary/aromatic N) is 5. The van der Waals surface area contributed by atoms with Gasteiger partial charge in [0, 0.05) is 43.7 Å². The van der Waals surface area contributed by atoms with Gasteiger partial charge in [0.25, 0.3) is 0 Å². The Morgan fingerprint density at radius 3 is 2.71 bits per heavy atom. The number of amides is 2. The Morgan fingerprint density at radius 1 is 1.21 bits per heavy atom. The number of fused-ring (bicyclic) bond motifs is 1. The molecule has 204 valence electrons. The lowest BCUT2D eigenvalue weighted by atomic mass is 9.66. The first-order valence-electron chi connectivity index (χ1n) is 13.3. The molecule has 2 amide bonds. The maximum Gasteiger partial charge on any atom is 0.310 e. The number of carbonyl (C=O) groups is 3. The number of hydrogen-bond donors (Lipinski definition) is 1. The van der Waals surface area contributed by atoms with Crippen LogP contribution in [0.4, 0.5) is 0 Å². The van der Waals surface area contributed by atoms with E-state index in [4.69, 9.17) is 16.3 Å². The Hall–Kier alpha value is -3.14. The number of aromatic nitrogens is 3. The molecule has 11 heteroatoms. The number of carboxylic acid groups (broad SMARTS) is 1. The Labute approximate surface area is 226 Å². The van der Waals surface area contributed by atoms with Crippen molar-refractivity contribution in [2.24, 2.45) is 18.4 Å². The molecule has 1 saturated carbocycles. The number of benzene rings is 1. The Kier molecular flexibility index (Phi) is 7.35. The molecule has 1 N–H and O–H groups in total. The van der Waals surface area contributed by atoms with E-state index in [2.05, 4.69) is 10.3 Å². The van der Waals surface area contributed by atoms with Crippen molar-refractivity contribution in [3.8, 4) is 5.75 Å². The number of rotatable bonds is 7. The van der Waals surface area contributed by atoms with Gasteiger partial charge in [-0.1, -0.05) is 29.7 Å². The lowest BCUT2D eigenvalue weighted by molar-refractivity contribution is -0.162. The Morgan fingerprint density at radius 2 is 2.03 bits per heavy atom. The van der Waals surface area contributed by atoms with Gasteiger partial charge < -0.3 is 19.6 Å². The molecule has 1 aliphatic carbocycles. The van der Waals surface area contributed by atoms with Crippen molar-refractivity contribution in [3.63, 3.8) is 0 Å². The van der Waals surface area contributed by atoms with E-state index in [9.17, 15) is 19.5 Å². The molecule has 0 spiro atoms. The van der Waals surface area contributed by atoms with Crippen LogP contribution in [0, 0.1) is 11.3 Å². The maximum atomic E-state index is 14.2. The summed E-state index contributed by atoms with van der Waals surface area (Å²) in [4.78, 5) is 42.8. The van der Waals surface area contributed by atoms with E-state index in [1.165, 1.54) is 0 Å². The summed E-state index contributed by atoms with van der Waals surface area (Å²) in [5.41, 5.74) is 1.22. The third kappa shape index (κ3) is 4.86. The fraction of sp³-hybridized carbons (Fsp3) is 0.593. The first kappa shape index (κ1) is 26.5. The quantitative estimate of drug-likeness (QED) is 0.568. The van der Waals surface area contributed by atoms with Crippen molar-refractivity contribution in [2.45, 2.75) is 64.5 Å². The molecule has 3 aliphatic rings. The molecule has 10 nitrogen and oxygen atoms in total. The lowest BCUT2D eigenvalue weighted by Gasteiger charge is -2.45. The molecule has 2 fully saturated rings. The molecule has 1 aromatic carbocycles. The summed E-state index contributed by atoms with van der Waals surface area (Å²) >= 11 is 6.67. The number of aliphatic carboxylic acids is 1. The third-order valence-corrected chi connectivity index (χ3v) is 8.79. The molecule has 3 heterocycles. The van der Waals surface area contributed by atoms with E-state index in [1.807, 2.05) is 0 Å². The molecule has 5 rings (SSSR count). The molecule has 3 atom stereocenters. The minimum absolute atomic E-state index is 0.0571. The van der Waals surface area contributed by atoms with Gasteiger partial charge in [0.2, 0.25) is 11.8 Å². The zero-order valence-corrected chi connectivity index (χ0v) is 22.6. The summed E-state index contributed by atoms with van der Waals surface area (Å²) in [6, 6.07) is 3.10. The SMILES string of the molecule is Cn1cc(COc2ccc(Cl)c3c2[C@@H](CN2CCCC2=O)N(C(=O)C2CCCCC2(C)C(=O)O)CC3)nn1. The zero-order chi connectivity index (χ0) is 27.0. The largest absolute Gasteiger partial charge is 0.487 e. The van der Waals surface area contributed by atoms with Crippen LogP contribution in [-0.4, -0.2) is 67.3 Å². The van der Waals surface area contributed by atoms with Crippen LogP contribution in [0.5, 0.6) is 5.75 Å². The van der Waals surface area contributed by atoms with E-state index < -0.39 is 23.3 Å². The van der Waals surface area contributed by atoms with Crippen LogP contribution in [0.25, 0.3) is 0 Å². The van der Waals surface area contributed by atoms with Crippen LogP contribution in [0.3, 0.4) is 0 Å². The molecule has 1 aromatic heterocycles. The first-order valence-corrected chi connectivity index (χ1v) is 13.7. The second-order valence-electron chi connectivity index (χ2n) is 10.9. The highest BCUT2D eigenvalue weighted by atomic mass is 35.5. The number of halogens is 1. The van der Waals surface area contributed by atoms with Crippen molar-refractivity contribution in [2.75, 3.05) is 19.6 Å². The van der Waals surface area contributed by atoms with Crippen LogP contribution in [0.15, 0.2) is 18.3 Å². The van der Waals surface area contributed by atoms with Gasteiger partial charge in [-0.2, -0.15) is 0 Å². The van der Waals surface area contributed by atoms with Crippen molar-refractivity contribution in [1.82, 2.24) is 24.8 Å². The molecule has 2 unspecified atom stereocenters. The van der Waals surface area contributed by atoms with Crippen LogP contribution >= 0.6 is 11.6 Å². The topological polar surface area (TPSA) is 118 Å². The monoisotopic (exact) mass is 543 g/mol. The van der Waals surface area contributed by atoms with Gasteiger partial charge in [0.15, 0.2) is 0 Å². The lowest BCUT2D eigenvalue weighted by Crippen LogP contribution is -2.52. The minimum Gasteiger partial charge on any atom is -0.487 e. The zero-order valence-electron chi connectivity index (χ0n) is 21.9. The standard InChI is InChI=1S/C27H34ClN5O5/c1-27(26(36)37)11-4-3-6-19(27)25(35)33-13-10-18-20(28)8-9-22(38-16-17-14-31(2)30-29-17)24(18)21(33)15-32-12-5-7-23(32)34/h8-9,14,19,21H,3-7,10-13,15-16H2,1-2H3,(H,36,37)/t19?,21-,27?/m1/s1. The Balaban J connectivity index is 1.53. The van der Waals surface area contributed by atoms with Gasteiger partial charge in [-0.3, -0.25) is 19.1 Å². The summed E-state index contributed by atoms with van der Waals surface area (Å²) in [7, 11) is 1.78. The second-order valence-corrected chi connectivity index (χ2v) is 11.3. The summed E-state index contributed by atoms with van der Waals surface area (Å²) in [6.07, 6.45) is 6.16. The van der Waals surface area contributed by atoms with Crippen molar-refractivity contribution < 1.29 is 24.2 Å². The number of carbonyl (C=O) groups excluding carboxylic acids is 2. The van der Waals surface area contributed by atoms with Gasteiger partial charge in [0.1, 0.15) is 18.1 Å². The highest BCUT2D eigenvalue weighted by Crippen LogP contribution is 2.46. The molecule has 0 bridgehead atoms. The van der Waals surface area contributed by atoms with Crippen molar-refractivity contribution >= 4 is 29.4 Å². The summed E-state index contributed by atoms with van der Waals surface area (Å²) in [6.45, 7) is 3.22. The van der Waals surface area contributed by atoms with Gasteiger partial charge >= 0.3 is 5.97 Å². The van der Waals surface area contributed by atoms with Gasteiger partial charge in [0.05, 0.1) is 23.6 Å². The molecular weight excluding hydrogens is 510 g/mol. The molecule has 1 saturated heterocycles. The van der Waals surface area contributed by atoms with E-state index in [0.717, 1.165) is 30.4 Å². The number of hydrogen-bond acceptors (Lipinski definition) is 6. The number of likely N-dealkylation sites (tertiary alicyclic amines) is 1. The summed E-state index contributed by atoms with van der Waals surface area (Å²) < 4.78 is 7.82. The van der Waals surface area contributed by atoms with Crippen molar-refractivity contribution in [1.29, 1.82) is 0 Å². The predicted molar refractivity (Wildman–Crippen MR) is 138 cm³/mol. The average Bonchev–Trinajstić information content (AvgIpc) is 3.50. The molecule has 38 heavy (non-hydrogen) atoms. The number of carboxylic acids is 1. The first-order chi connectivity index (χ1) is 18.2. The van der Waals surface area contributed by atoms with E-state index >= 15 is 0 Å². The summed E-state index contributed by atoms with van der Waals surface area (Å²) in [5.74, 6) is -1.10. The number of ether oxygens (including phenoxy) is 1.